The molecule has 0 unspecified atom stereocenters. The van der Waals surface area contributed by atoms with Gasteiger partial charge >= 0.3 is 0 Å². The molecule has 0 radical (unpaired) electrons. The summed E-state index contributed by atoms with van der Waals surface area (Å²) in [7, 11) is 0. The van der Waals surface area contributed by atoms with Crippen LogP contribution in [0.25, 0.3) is 0 Å². The molecule has 1 aromatic heterocycles. The molecular formula is C18H28N4O. The number of H-pyrrole nitrogens is 1. The van der Waals surface area contributed by atoms with Crippen LogP contribution in [0.15, 0.2) is 28.8 Å². The Balaban J connectivity index is 1.59. The SMILES string of the molecule is CC1=CCC[C@H](C)[C@@H]1CN[C@@H]1CCCN(c2ncc[nH]c2=O)C1. The quantitative estimate of drug-likeness (QED) is 0.837. The van der Waals surface area contributed by atoms with E-state index in [1.54, 1.807) is 12.4 Å². The van der Waals surface area contributed by atoms with Crippen LogP contribution >= 0.6 is 0 Å². The van der Waals surface area contributed by atoms with Gasteiger partial charge in [-0.3, -0.25) is 4.79 Å². The zero-order chi connectivity index (χ0) is 16.2. The summed E-state index contributed by atoms with van der Waals surface area (Å²) in [4.78, 5) is 21.0. The van der Waals surface area contributed by atoms with Crippen LogP contribution < -0.4 is 15.8 Å². The fourth-order valence-electron chi connectivity index (χ4n) is 3.94. The summed E-state index contributed by atoms with van der Waals surface area (Å²) in [6, 6.07) is 0.437. The Kier molecular flexibility index (Phi) is 5.16. The molecule has 0 spiro atoms. The monoisotopic (exact) mass is 316 g/mol. The Labute approximate surface area is 138 Å². The molecule has 5 heteroatoms. The molecular weight excluding hydrogens is 288 g/mol. The third-order valence-corrected chi connectivity index (χ3v) is 5.40. The third-order valence-electron chi connectivity index (χ3n) is 5.40. The maximum absolute atomic E-state index is 11.9. The molecule has 2 N–H and O–H groups in total. The van der Waals surface area contributed by atoms with Crippen molar-refractivity contribution in [2.75, 3.05) is 24.5 Å². The zero-order valence-electron chi connectivity index (χ0n) is 14.2. The van der Waals surface area contributed by atoms with Crippen molar-refractivity contribution in [2.24, 2.45) is 11.8 Å². The maximum atomic E-state index is 11.9. The molecule has 2 aliphatic rings. The van der Waals surface area contributed by atoms with E-state index in [1.165, 1.54) is 24.8 Å². The Bertz CT molecular complexity index is 609. The Morgan fingerprint density at radius 2 is 2.30 bits per heavy atom. The lowest BCUT2D eigenvalue weighted by atomic mass is 9.80. The number of aromatic amines is 1. The number of nitrogens with one attached hydrogen (secondary N) is 2. The average molecular weight is 316 g/mol. The molecule has 23 heavy (non-hydrogen) atoms. The number of allylic oxidation sites excluding steroid dienone is 1. The summed E-state index contributed by atoms with van der Waals surface area (Å²) in [5.41, 5.74) is 1.44. The van der Waals surface area contributed by atoms with Crippen LogP contribution in [0.5, 0.6) is 0 Å². The molecule has 2 heterocycles. The van der Waals surface area contributed by atoms with E-state index in [4.69, 9.17) is 0 Å². The van der Waals surface area contributed by atoms with Crippen LogP contribution in [0.4, 0.5) is 5.82 Å². The fourth-order valence-corrected chi connectivity index (χ4v) is 3.94. The van der Waals surface area contributed by atoms with Crippen molar-refractivity contribution in [2.45, 2.75) is 45.6 Å². The van der Waals surface area contributed by atoms with Gasteiger partial charge in [-0.1, -0.05) is 18.6 Å². The number of nitrogens with zero attached hydrogens (tertiary/aromatic N) is 2. The molecule has 1 aromatic rings. The van der Waals surface area contributed by atoms with Gasteiger partial charge in [0.2, 0.25) is 0 Å². The zero-order valence-corrected chi connectivity index (χ0v) is 14.2. The molecule has 1 fully saturated rings. The largest absolute Gasteiger partial charge is 0.350 e. The fraction of sp³-hybridized carbons (Fsp3) is 0.667. The lowest BCUT2D eigenvalue weighted by Gasteiger charge is -2.36. The Morgan fingerprint density at radius 3 is 3.09 bits per heavy atom. The highest BCUT2D eigenvalue weighted by Gasteiger charge is 2.26. The highest BCUT2D eigenvalue weighted by atomic mass is 16.1. The number of rotatable bonds is 4. The van der Waals surface area contributed by atoms with E-state index < -0.39 is 0 Å². The van der Waals surface area contributed by atoms with Crippen molar-refractivity contribution in [3.8, 4) is 0 Å². The van der Waals surface area contributed by atoms with Gasteiger partial charge in [0, 0.05) is 38.1 Å². The van der Waals surface area contributed by atoms with Gasteiger partial charge in [-0.2, -0.15) is 0 Å². The molecule has 0 saturated carbocycles. The van der Waals surface area contributed by atoms with Crippen molar-refractivity contribution in [1.29, 1.82) is 0 Å². The van der Waals surface area contributed by atoms with Crippen molar-refractivity contribution in [1.82, 2.24) is 15.3 Å². The van der Waals surface area contributed by atoms with Gasteiger partial charge in [0.1, 0.15) is 0 Å². The normalized spacial score (nSPS) is 28.5. The van der Waals surface area contributed by atoms with Gasteiger partial charge in [0.15, 0.2) is 5.82 Å². The predicted molar refractivity (Wildman–Crippen MR) is 93.7 cm³/mol. The highest BCUT2D eigenvalue weighted by molar-refractivity contribution is 5.36. The number of hydrogen-bond acceptors (Lipinski definition) is 4. The number of aromatic nitrogens is 2. The van der Waals surface area contributed by atoms with Gasteiger partial charge < -0.3 is 15.2 Å². The molecule has 3 atom stereocenters. The smallest absolute Gasteiger partial charge is 0.290 e. The van der Waals surface area contributed by atoms with E-state index in [-0.39, 0.29) is 5.56 Å². The minimum Gasteiger partial charge on any atom is -0.350 e. The lowest BCUT2D eigenvalue weighted by Crippen LogP contribution is -2.49. The summed E-state index contributed by atoms with van der Waals surface area (Å²) in [6.07, 6.45) is 10.4. The second kappa shape index (κ2) is 7.30. The molecule has 0 bridgehead atoms. The van der Waals surface area contributed by atoms with Crippen LogP contribution in [-0.4, -0.2) is 35.6 Å². The summed E-state index contributed by atoms with van der Waals surface area (Å²) in [5, 5.41) is 3.75. The average Bonchev–Trinajstić information content (AvgIpc) is 2.55. The molecule has 3 rings (SSSR count). The molecule has 1 aliphatic carbocycles. The molecule has 0 aromatic carbocycles. The van der Waals surface area contributed by atoms with Gasteiger partial charge in [-0.15, -0.1) is 0 Å². The van der Waals surface area contributed by atoms with Crippen molar-refractivity contribution in [3.05, 3.63) is 34.4 Å². The van der Waals surface area contributed by atoms with Crippen LogP contribution in [0, 0.1) is 11.8 Å². The first-order valence-corrected chi connectivity index (χ1v) is 8.84. The standard InChI is InChI=1S/C18H28N4O/c1-13-5-3-6-14(2)16(13)11-21-15-7-4-10-22(12-15)17-18(23)20-9-8-19-17/h5,8-9,14-16,21H,3-4,6-7,10-12H2,1-2H3,(H,20,23)/t14-,15+,16+/m0/s1. The van der Waals surface area contributed by atoms with Crippen LogP contribution in [0.3, 0.4) is 0 Å². The summed E-state index contributed by atoms with van der Waals surface area (Å²) in [6.45, 7) is 7.45. The van der Waals surface area contributed by atoms with Crippen molar-refractivity contribution >= 4 is 5.82 Å². The summed E-state index contributed by atoms with van der Waals surface area (Å²) >= 11 is 0. The van der Waals surface area contributed by atoms with Gasteiger partial charge in [-0.25, -0.2) is 4.98 Å². The van der Waals surface area contributed by atoms with Gasteiger partial charge in [0.05, 0.1) is 0 Å². The highest BCUT2D eigenvalue weighted by Crippen LogP contribution is 2.29. The first-order chi connectivity index (χ1) is 11.1. The number of anilines is 1. The second-order valence-corrected chi connectivity index (χ2v) is 7.04. The minimum atomic E-state index is -0.0900. The second-order valence-electron chi connectivity index (χ2n) is 7.04. The first-order valence-electron chi connectivity index (χ1n) is 8.84. The molecule has 126 valence electrons. The number of piperidine rings is 1. The first kappa shape index (κ1) is 16.2. The molecule has 1 saturated heterocycles. The summed E-state index contributed by atoms with van der Waals surface area (Å²) < 4.78 is 0. The third kappa shape index (κ3) is 3.83. The van der Waals surface area contributed by atoms with Crippen molar-refractivity contribution < 1.29 is 0 Å². The molecule has 5 nitrogen and oxygen atoms in total. The van der Waals surface area contributed by atoms with Gasteiger partial charge in [-0.05, 0) is 44.4 Å². The summed E-state index contributed by atoms with van der Waals surface area (Å²) in [5.74, 6) is 1.96. The predicted octanol–water partition coefficient (Wildman–Crippen LogP) is 2.32. The topological polar surface area (TPSA) is 61.0 Å². The van der Waals surface area contributed by atoms with E-state index in [1.807, 2.05) is 0 Å². The van der Waals surface area contributed by atoms with Crippen LogP contribution in [-0.2, 0) is 0 Å². The van der Waals surface area contributed by atoms with E-state index in [0.717, 1.165) is 32.0 Å². The van der Waals surface area contributed by atoms with Crippen LogP contribution in [0.1, 0.15) is 39.5 Å². The lowest BCUT2D eigenvalue weighted by molar-refractivity contribution is 0.320. The Hall–Kier alpha value is -1.62. The van der Waals surface area contributed by atoms with E-state index in [2.05, 4.69) is 40.1 Å². The molecule has 1 aliphatic heterocycles. The van der Waals surface area contributed by atoms with E-state index in [9.17, 15) is 4.79 Å². The van der Waals surface area contributed by atoms with E-state index >= 15 is 0 Å². The number of hydrogen-bond donors (Lipinski definition) is 2. The Morgan fingerprint density at radius 1 is 1.43 bits per heavy atom. The van der Waals surface area contributed by atoms with Crippen LogP contribution in [0.2, 0.25) is 0 Å². The molecule has 0 amide bonds. The van der Waals surface area contributed by atoms with E-state index in [0.29, 0.717) is 17.8 Å². The minimum absolute atomic E-state index is 0.0900. The maximum Gasteiger partial charge on any atom is 0.290 e. The van der Waals surface area contributed by atoms with Gasteiger partial charge in [0.25, 0.3) is 5.56 Å². The van der Waals surface area contributed by atoms with Crippen molar-refractivity contribution in [3.63, 3.8) is 0 Å².